The van der Waals surface area contributed by atoms with E-state index in [1.165, 1.54) is 0 Å². The molecular formula is C11H10BrNO. The molecule has 14 heavy (non-hydrogen) atoms. The molecule has 0 bridgehead atoms. The van der Waals surface area contributed by atoms with E-state index in [9.17, 15) is 4.79 Å². The lowest BCUT2D eigenvalue weighted by molar-refractivity contribution is 0.890. The van der Waals surface area contributed by atoms with Crippen LogP contribution in [0.1, 0.15) is 5.69 Å². The molecule has 1 aromatic heterocycles. The van der Waals surface area contributed by atoms with Gasteiger partial charge in [0, 0.05) is 18.1 Å². The molecule has 0 aliphatic heterocycles. The van der Waals surface area contributed by atoms with Crippen LogP contribution >= 0.6 is 15.9 Å². The molecule has 0 N–H and O–H groups in total. The Hall–Kier alpha value is -1.09. The van der Waals surface area contributed by atoms with E-state index in [2.05, 4.69) is 15.9 Å². The van der Waals surface area contributed by atoms with Crippen LogP contribution in [0.25, 0.3) is 10.9 Å². The zero-order chi connectivity index (χ0) is 10.3. The summed E-state index contributed by atoms with van der Waals surface area (Å²) in [6.07, 6.45) is 0. The fourth-order valence-electron chi connectivity index (χ4n) is 1.57. The molecule has 1 heterocycles. The molecule has 2 rings (SSSR count). The first-order valence-electron chi connectivity index (χ1n) is 4.36. The smallest absolute Gasteiger partial charge is 0.203 e. The van der Waals surface area contributed by atoms with E-state index >= 15 is 0 Å². The summed E-state index contributed by atoms with van der Waals surface area (Å²) in [5.41, 5.74) is 1.99. The zero-order valence-electron chi connectivity index (χ0n) is 8.04. The van der Waals surface area contributed by atoms with Crippen LogP contribution in [-0.4, -0.2) is 4.57 Å². The Morgan fingerprint density at radius 3 is 2.64 bits per heavy atom. The average molecular weight is 252 g/mol. The molecule has 0 atom stereocenters. The number of hydrogen-bond acceptors (Lipinski definition) is 1. The largest absolute Gasteiger partial charge is 0.347 e. The van der Waals surface area contributed by atoms with Crippen molar-refractivity contribution in [2.75, 3.05) is 0 Å². The summed E-state index contributed by atoms with van der Waals surface area (Å²) in [7, 11) is 1.96. The third-order valence-electron chi connectivity index (χ3n) is 2.53. The maximum atomic E-state index is 11.8. The number of rotatable bonds is 0. The van der Waals surface area contributed by atoms with Gasteiger partial charge in [-0.3, -0.25) is 4.79 Å². The van der Waals surface area contributed by atoms with E-state index in [0.717, 1.165) is 16.6 Å². The number of para-hydroxylation sites is 1. The van der Waals surface area contributed by atoms with Crippen molar-refractivity contribution in [1.29, 1.82) is 0 Å². The summed E-state index contributed by atoms with van der Waals surface area (Å²) in [5, 5.41) is 0.757. The van der Waals surface area contributed by atoms with E-state index in [-0.39, 0.29) is 5.43 Å². The molecule has 0 aliphatic carbocycles. The Balaban J connectivity index is 3.10. The van der Waals surface area contributed by atoms with E-state index in [1.54, 1.807) is 0 Å². The van der Waals surface area contributed by atoms with Crippen LogP contribution in [0.5, 0.6) is 0 Å². The van der Waals surface area contributed by atoms with E-state index in [0.29, 0.717) is 4.47 Å². The van der Waals surface area contributed by atoms with Crippen LogP contribution in [-0.2, 0) is 7.05 Å². The summed E-state index contributed by atoms with van der Waals surface area (Å²) < 4.78 is 2.67. The van der Waals surface area contributed by atoms with Gasteiger partial charge in [0.25, 0.3) is 0 Å². The maximum Gasteiger partial charge on any atom is 0.203 e. The van der Waals surface area contributed by atoms with Gasteiger partial charge >= 0.3 is 0 Å². The van der Waals surface area contributed by atoms with Crippen LogP contribution in [0.4, 0.5) is 0 Å². The predicted molar refractivity (Wildman–Crippen MR) is 61.6 cm³/mol. The molecule has 0 radical (unpaired) electrons. The lowest BCUT2D eigenvalue weighted by atomic mass is 10.2. The van der Waals surface area contributed by atoms with Crippen molar-refractivity contribution in [3.63, 3.8) is 0 Å². The molecular weight excluding hydrogens is 242 g/mol. The lowest BCUT2D eigenvalue weighted by Gasteiger charge is -2.10. The first-order valence-corrected chi connectivity index (χ1v) is 5.16. The standard InChI is InChI=1S/C11H10BrNO/c1-7-10(12)11(14)8-5-3-4-6-9(8)13(7)2/h3-6H,1-2H3. The zero-order valence-corrected chi connectivity index (χ0v) is 9.63. The van der Waals surface area contributed by atoms with Gasteiger partial charge in [-0.25, -0.2) is 0 Å². The number of halogens is 1. The van der Waals surface area contributed by atoms with Gasteiger partial charge in [0.05, 0.1) is 9.99 Å². The second-order valence-corrected chi connectivity index (χ2v) is 4.10. The minimum absolute atomic E-state index is 0.0659. The number of aryl methyl sites for hydroxylation is 1. The second-order valence-electron chi connectivity index (χ2n) is 3.30. The predicted octanol–water partition coefficient (Wildman–Crippen LogP) is 2.61. The van der Waals surface area contributed by atoms with Gasteiger partial charge in [-0.15, -0.1) is 0 Å². The average Bonchev–Trinajstić information content (AvgIpc) is 2.23. The summed E-state index contributed by atoms with van der Waals surface area (Å²) >= 11 is 3.32. The molecule has 0 aliphatic rings. The molecule has 0 unspecified atom stereocenters. The van der Waals surface area contributed by atoms with Crippen molar-refractivity contribution in [3.05, 3.63) is 44.7 Å². The van der Waals surface area contributed by atoms with Crippen molar-refractivity contribution in [3.8, 4) is 0 Å². The lowest BCUT2D eigenvalue weighted by Crippen LogP contribution is -2.11. The van der Waals surface area contributed by atoms with Gasteiger partial charge in [-0.2, -0.15) is 0 Å². The molecule has 2 nitrogen and oxygen atoms in total. The molecule has 0 amide bonds. The summed E-state index contributed by atoms with van der Waals surface area (Å²) in [6.45, 7) is 1.93. The number of benzene rings is 1. The minimum atomic E-state index is 0.0659. The van der Waals surface area contributed by atoms with E-state index < -0.39 is 0 Å². The normalized spacial score (nSPS) is 10.8. The maximum absolute atomic E-state index is 11.8. The topological polar surface area (TPSA) is 22.0 Å². The molecule has 0 saturated heterocycles. The van der Waals surface area contributed by atoms with Gasteiger partial charge in [0.1, 0.15) is 0 Å². The summed E-state index contributed by atoms with van der Waals surface area (Å²) in [5.74, 6) is 0. The SMILES string of the molecule is Cc1c(Br)c(=O)c2ccccc2n1C. The van der Waals surface area contributed by atoms with Crippen molar-refractivity contribution in [1.82, 2.24) is 4.57 Å². The van der Waals surface area contributed by atoms with Crippen LogP contribution in [0.15, 0.2) is 33.5 Å². The monoisotopic (exact) mass is 251 g/mol. The third kappa shape index (κ3) is 1.20. The number of nitrogens with zero attached hydrogens (tertiary/aromatic N) is 1. The Bertz CT molecular complexity index is 557. The first kappa shape index (κ1) is 9.46. The summed E-state index contributed by atoms with van der Waals surface area (Å²) in [6, 6.07) is 7.62. The number of fused-ring (bicyclic) bond motifs is 1. The van der Waals surface area contributed by atoms with Gasteiger partial charge < -0.3 is 4.57 Å². The Labute approximate surface area is 90.3 Å². The van der Waals surface area contributed by atoms with Crippen molar-refractivity contribution in [2.24, 2.45) is 7.05 Å². The highest BCUT2D eigenvalue weighted by atomic mass is 79.9. The molecule has 3 heteroatoms. The quantitative estimate of drug-likeness (QED) is 0.706. The van der Waals surface area contributed by atoms with Gasteiger partial charge in [-0.05, 0) is 35.0 Å². The molecule has 72 valence electrons. The molecule has 2 aromatic rings. The van der Waals surface area contributed by atoms with E-state index in [4.69, 9.17) is 0 Å². The Kier molecular flexibility index (Phi) is 2.19. The minimum Gasteiger partial charge on any atom is -0.347 e. The van der Waals surface area contributed by atoms with E-state index in [1.807, 2.05) is 42.8 Å². The van der Waals surface area contributed by atoms with Crippen molar-refractivity contribution in [2.45, 2.75) is 6.92 Å². The molecule has 1 aromatic carbocycles. The molecule has 0 saturated carbocycles. The third-order valence-corrected chi connectivity index (χ3v) is 3.46. The second kappa shape index (κ2) is 3.24. The van der Waals surface area contributed by atoms with Crippen molar-refractivity contribution < 1.29 is 0 Å². The Morgan fingerprint density at radius 1 is 1.29 bits per heavy atom. The Morgan fingerprint density at radius 2 is 1.93 bits per heavy atom. The highest BCUT2D eigenvalue weighted by Gasteiger charge is 2.08. The summed E-state index contributed by atoms with van der Waals surface area (Å²) in [4.78, 5) is 11.8. The van der Waals surface area contributed by atoms with Gasteiger partial charge in [0.2, 0.25) is 5.43 Å². The molecule has 0 fully saturated rings. The first-order chi connectivity index (χ1) is 6.63. The highest BCUT2D eigenvalue weighted by Crippen LogP contribution is 2.17. The van der Waals surface area contributed by atoms with Crippen LogP contribution < -0.4 is 5.43 Å². The van der Waals surface area contributed by atoms with Crippen LogP contribution in [0, 0.1) is 6.92 Å². The number of pyridine rings is 1. The molecule has 0 spiro atoms. The fourth-order valence-corrected chi connectivity index (χ4v) is 2.05. The van der Waals surface area contributed by atoms with Crippen molar-refractivity contribution >= 4 is 26.8 Å². The van der Waals surface area contributed by atoms with Gasteiger partial charge in [-0.1, -0.05) is 12.1 Å². The van der Waals surface area contributed by atoms with Gasteiger partial charge in [0.15, 0.2) is 0 Å². The highest BCUT2D eigenvalue weighted by molar-refractivity contribution is 9.10. The fraction of sp³-hybridized carbons (Fsp3) is 0.182. The van der Waals surface area contributed by atoms with Crippen LogP contribution in [0.3, 0.4) is 0 Å². The van der Waals surface area contributed by atoms with Crippen LogP contribution in [0.2, 0.25) is 0 Å². The number of hydrogen-bond donors (Lipinski definition) is 0. The number of aromatic nitrogens is 1.